The molecule has 2 saturated carbocycles. The lowest BCUT2D eigenvalue weighted by atomic mass is 9.55. The lowest BCUT2D eigenvalue weighted by Gasteiger charge is -2.50. The van der Waals surface area contributed by atoms with Crippen LogP contribution in [-0.4, -0.2) is 90.9 Å². The van der Waals surface area contributed by atoms with Crippen LogP contribution in [0, 0.1) is 17.3 Å². The van der Waals surface area contributed by atoms with Crippen LogP contribution in [-0.2, 0) is 48.0 Å². The van der Waals surface area contributed by atoms with Gasteiger partial charge in [-0.1, -0.05) is 84.7 Å². The Balaban J connectivity index is 0.962. The molecule has 364 valence electrons. The summed E-state index contributed by atoms with van der Waals surface area (Å²) in [6.07, 6.45) is 5.62. The maximum absolute atomic E-state index is 13.7. The van der Waals surface area contributed by atoms with Crippen LogP contribution in [0.5, 0.6) is 11.5 Å². The van der Waals surface area contributed by atoms with Crippen molar-refractivity contribution in [3.63, 3.8) is 0 Å². The molecule has 8 N–H and O–H groups in total. The Bertz CT molecular complexity index is 2540. The van der Waals surface area contributed by atoms with Gasteiger partial charge >= 0.3 is 5.97 Å². The van der Waals surface area contributed by atoms with Crippen LogP contribution in [0.25, 0.3) is 0 Å². The van der Waals surface area contributed by atoms with E-state index >= 15 is 0 Å². The summed E-state index contributed by atoms with van der Waals surface area (Å²) >= 11 is 12.4. The fraction of sp³-hybridized carbons (Fsp3) is 0.392. The Morgan fingerprint density at radius 1 is 0.710 bits per heavy atom. The zero-order valence-electron chi connectivity index (χ0n) is 38.1. The maximum Gasteiger partial charge on any atom is 0.346 e. The lowest BCUT2D eigenvalue weighted by Crippen LogP contribution is -2.53. The minimum Gasteiger partial charge on any atom is -0.484 e. The second-order valence-corrected chi connectivity index (χ2v) is 19.0. The second-order valence-electron chi connectivity index (χ2n) is 18.1. The standard InChI is InChI=1S/C51H56Cl2N6O10/c1-51-21-20-35-34-17-15-33(24-31(34)12-16-36(35)37(51)18-19-42(51)60)68-28-46(64)59-41(23-30-10-13-32(14-11-30)69-50(67)47-38(52)8-5-9-39(47)53)49(66)57-26-44(62)55-27-45(63)58-40(48(65)56-25-43(54)61)22-29-6-3-2-4-7-29/h2-11,13-15,17,24,35-37,40-42,60H,12,16,18-23,25-28H2,1H3,(H2,54,61)(H,55,62)(H,56,65)(H,57,66)(H,58,63)(H,59,64)/t35-,36-,37+,40+,41+,42+,51+/m1/s1. The van der Waals surface area contributed by atoms with Crippen molar-refractivity contribution in [1.82, 2.24) is 26.6 Å². The van der Waals surface area contributed by atoms with Gasteiger partial charge < -0.3 is 46.9 Å². The SMILES string of the molecule is C[C@]12CC[C@@H]3c4ccc(OCC(=O)N[C@@H](Cc5ccc(OC(=O)c6c(Cl)cccc6Cl)cc5)C(=O)NCC(=O)NCC(=O)N[C@@H](Cc5ccccc5)C(=O)NCC(N)=O)cc4CC[C@H]3[C@@H]1CC[C@@H]2O. The lowest BCUT2D eigenvalue weighted by molar-refractivity contribution is -0.131. The molecule has 6 amide bonds. The number of amides is 6. The molecule has 2 fully saturated rings. The summed E-state index contributed by atoms with van der Waals surface area (Å²) in [5.41, 5.74) is 8.91. The van der Waals surface area contributed by atoms with E-state index in [1.807, 2.05) is 12.1 Å². The third kappa shape index (κ3) is 12.8. The van der Waals surface area contributed by atoms with E-state index in [2.05, 4.69) is 39.6 Å². The summed E-state index contributed by atoms with van der Waals surface area (Å²) in [4.78, 5) is 90.0. The van der Waals surface area contributed by atoms with E-state index in [-0.39, 0.29) is 45.7 Å². The highest BCUT2D eigenvalue weighted by Crippen LogP contribution is 2.61. The highest BCUT2D eigenvalue weighted by Gasteiger charge is 2.54. The number of primary amides is 1. The normalized spacial score (nSPS) is 20.9. The van der Waals surface area contributed by atoms with E-state index in [1.54, 1.807) is 48.5 Å². The number of esters is 1. The molecule has 0 aliphatic heterocycles. The Morgan fingerprint density at radius 3 is 2.01 bits per heavy atom. The molecule has 0 heterocycles. The molecule has 0 bridgehead atoms. The Morgan fingerprint density at radius 2 is 1.33 bits per heavy atom. The second kappa shape index (κ2) is 22.7. The quantitative estimate of drug-likeness (QED) is 0.0524. The number of hydrogen-bond acceptors (Lipinski definition) is 10. The van der Waals surface area contributed by atoms with Crippen LogP contribution in [0.2, 0.25) is 10.0 Å². The molecular formula is C51H56Cl2N6O10. The van der Waals surface area contributed by atoms with E-state index < -0.39 is 79.7 Å². The van der Waals surface area contributed by atoms with Crippen molar-refractivity contribution in [3.8, 4) is 11.5 Å². The molecule has 3 aliphatic rings. The van der Waals surface area contributed by atoms with Gasteiger partial charge in [-0.2, -0.15) is 0 Å². The number of ether oxygens (including phenoxy) is 2. The Hall–Kier alpha value is -6.49. The zero-order chi connectivity index (χ0) is 49.2. The smallest absolute Gasteiger partial charge is 0.346 e. The number of aliphatic hydroxyl groups excluding tert-OH is 1. The zero-order valence-corrected chi connectivity index (χ0v) is 39.6. The van der Waals surface area contributed by atoms with Crippen LogP contribution in [0.3, 0.4) is 0 Å². The number of benzene rings is 4. The number of nitrogens with one attached hydrogen (secondary N) is 5. The largest absolute Gasteiger partial charge is 0.484 e. The molecule has 7 rings (SSSR count). The predicted octanol–water partition coefficient (Wildman–Crippen LogP) is 4.10. The number of hydrogen-bond donors (Lipinski definition) is 7. The van der Waals surface area contributed by atoms with Crippen molar-refractivity contribution in [2.24, 2.45) is 23.0 Å². The average Bonchev–Trinajstić information content (AvgIpc) is 3.64. The van der Waals surface area contributed by atoms with Gasteiger partial charge in [0.25, 0.3) is 5.91 Å². The first kappa shape index (κ1) is 50.4. The minimum absolute atomic E-state index is 0.000735. The van der Waals surface area contributed by atoms with E-state index in [4.69, 9.17) is 38.4 Å². The highest BCUT2D eigenvalue weighted by atomic mass is 35.5. The summed E-state index contributed by atoms with van der Waals surface area (Å²) in [6.45, 7) is 0.288. The van der Waals surface area contributed by atoms with Gasteiger partial charge in [-0.3, -0.25) is 28.8 Å². The molecule has 0 aromatic heterocycles. The number of carbonyl (C=O) groups is 7. The Kier molecular flexibility index (Phi) is 16.6. The van der Waals surface area contributed by atoms with Gasteiger partial charge in [-0.05, 0) is 120 Å². The van der Waals surface area contributed by atoms with E-state index in [0.717, 1.165) is 44.1 Å². The van der Waals surface area contributed by atoms with E-state index in [1.165, 1.54) is 35.4 Å². The van der Waals surface area contributed by atoms with Crippen LogP contribution in [0.1, 0.15) is 77.6 Å². The molecular weight excluding hydrogens is 927 g/mol. The molecule has 7 atom stereocenters. The minimum atomic E-state index is -1.21. The van der Waals surface area contributed by atoms with Crippen molar-refractivity contribution in [3.05, 3.63) is 129 Å². The number of nitrogens with two attached hydrogens (primary N) is 1. The molecule has 16 nitrogen and oxygen atoms in total. The van der Waals surface area contributed by atoms with Crippen LogP contribution in [0.15, 0.2) is 91.0 Å². The summed E-state index contributed by atoms with van der Waals surface area (Å²) in [5.74, 6) is -2.85. The fourth-order valence-corrected chi connectivity index (χ4v) is 10.7. The van der Waals surface area contributed by atoms with Crippen LogP contribution >= 0.6 is 23.2 Å². The predicted molar refractivity (Wildman–Crippen MR) is 256 cm³/mol. The highest BCUT2D eigenvalue weighted by molar-refractivity contribution is 6.39. The van der Waals surface area contributed by atoms with Crippen LogP contribution < -0.4 is 41.8 Å². The molecule has 0 radical (unpaired) electrons. The number of aliphatic hydroxyl groups is 1. The summed E-state index contributed by atoms with van der Waals surface area (Å²) in [5, 5.41) is 23.6. The molecule has 0 unspecified atom stereocenters. The van der Waals surface area contributed by atoms with Gasteiger partial charge in [0.05, 0.1) is 41.3 Å². The molecule has 3 aliphatic carbocycles. The van der Waals surface area contributed by atoms with Gasteiger partial charge in [0.2, 0.25) is 29.5 Å². The molecule has 0 saturated heterocycles. The topological polar surface area (TPSA) is 244 Å². The van der Waals surface area contributed by atoms with Gasteiger partial charge in [0, 0.05) is 12.8 Å². The number of halogens is 2. The van der Waals surface area contributed by atoms with Gasteiger partial charge in [0.15, 0.2) is 6.61 Å². The number of carbonyl (C=O) groups excluding carboxylic acids is 7. The van der Waals surface area contributed by atoms with Crippen molar-refractivity contribution in [2.45, 2.75) is 82.4 Å². The monoisotopic (exact) mass is 982 g/mol. The Labute approximate surface area is 409 Å². The first-order valence-corrected chi connectivity index (χ1v) is 23.8. The van der Waals surface area contributed by atoms with Gasteiger partial charge in [0.1, 0.15) is 23.6 Å². The number of aryl methyl sites for hydroxylation is 1. The van der Waals surface area contributed by atoms with Crippen LogP contribution in [0.4, 0.5) is 0 Å². The van der Waals surface area contributed by atoms with Crippen molar-refractivity contribution < 1.29 is 48.1 Å². The third-order valence-corrected chi connectivity index (χ3v) is 14.3. The maximum atomic E-state index is 13.7. The van der Waals surface area contributed by atoms with E-state index in [0.29, 0.717) is 29.1 Å². The van der Waals surface area contributed by atoms with E-state index in [9.17, 15) is 38.7 Å². The van der Waals surface area contributed by atoms with Crippen molar-refractivity contribution >= 4 is 64.6 Å². The van der Waals surface area contributed by atoms with Crippen molar-refractivity contribution in [1.29, 1.82) is 0 Å². The molecule has 4 aromatic carbocycles. The van der Waals surface area contributed by atoms with Gasteiger partial charge in [-0.25, -0.2) is 4.79 Å². The number of fused-ring (bicyclic) bond motifs is 5. The molecule has 69 heavy (non-hydrogen) atoms. The van der Waals surface area contributed by atoms with Crippen molar-refractivity contribution in [2.75, 3.05) is 26.2 Å². The molecule has 0 spiro atoms. The third-order valence-electron chi connectivity index (χ3n) is 13.7. The first-order chi connectivity index (χ1) is 33.1. The fourth-order valence-electron chi connectivity index (χ4n) is 10.1. The average molecular weight is 984 g/mol. The molecule has 18 heteroatoms. The summed E-state index contributed by atoms with van der Waals surface area (Å²) < 4.78 is 11.5. The first-order valence-electron chi connectivity index (χ1n) is 23.0. The summed E-state index contributed by atoms with van der Waals surface area (Å²) in [7, 11) is 0. The number of rotatable bonds is 19. The molecule has 4 aromatic rings. The van der Waals surface area contributed by atoms with Gasteiger partial charge in [-0.15, -0.1) is 0 Å². The summed E-state index contributed by atoms with van der Waals surface area (Å²) in [6, 6.07) is 23.3.